The first-order valence-electron chi connectivity index (χ1n) is 5.39. The minimum atomic E-state index is -0.0504. The van der Waals surface area contributed by atoms with Gasteiger partial charge in [0, 0.05) is 13.0 Å². The van der Waals surface area contributed by atoms with E-state index in [-0.39, 0.29) is 6.04 Å². The second kappa shape index (κ2) is 4.28. The number of hydrogen-bond acceptors (Lipinski definition) is 5. The van der Waals surface area contributed by atoms with Gasteiger partial charge in [0.25, 0.3) is 0 Å². The van der Waals surface area contributed by atoms with Crippen LogP contribution in [0.1, 0.15) is 30.6 Å². The fourth-order valence-corrected chi connectivity index (χ4v) is 1.48. The lowest BCUT2D eigenvalue weighted by Gasteiger charge is -2.05. The van der Waals surface area contributed by atoms with Gasteiger partial charge in [-0.3, -0.25) is 0 Å². The molecule has 0 amide bonds. The van der Waals surface area contributed by atoms with Gasteiger partial charge in [-0.05, 0) is 32.9 Å². The summed E-state index contributed by atoms with van der Waals surface area (Å²) in [6, 6.07) is -0.0504. The number of aromatic nitrogens is 2. The summed E-state index contributed by atoms with van der Waals surface area (Å²) in [7, 11) is 4.05. The molecule has 1 unspecified atom stereocenters. The SMILES string of the molecule is CN(C)CCc1noc(C(N)C2CC2)n1. The highest BCUT2D eigenvalue weighted by molar-refractivity contribution is 4.98. The van der Waals surface area contributed by atoms with Crippen molar-refractivity contribution in [2.45, 2.75) is 25.3 Å². The Hall–Kier alpha value is -0.940. The third-order valence-corrected chi connectivity index (χ3v) is 2.68. The summed E-state index contributed by atoms with van der Waals surface area (Å²) in [5.41, 5.74) is 5.96. The second-order valence-electron chi connectivity index (χ2n) is 4.47. The molecule has 0 bridgehead atoms. The van der Waals surface area contributed by atoms with Crippen molar-refractivity contribution in [1.82, 2.24) is 15.0 Å². The van der Waals surface area contributed by atoms with Gasteiger partial charge in [0.05, 0.1) is 6.04 Å². The van der Waals surface area contributed by atoms with Crippen LogP contribution >= 0.6 is 0 Å². The molecule has 0 aliphatic heterocycles. The Labute approximate surface area is 89.6 Å². The molecule has 1 saturated carbocycles. The highest BCUT2D eigenvalue weighted by Gasteiger charge is 2.33. The summed E-state index contributed by atoms with van der Waals surface area (Å²) >= 11 is 0. The molecule has 0 spiro atoms. The van der Waals surface area contributed by atoms with Crippen molar-refractivity contribution < 1.29 is 4.52 Å². The van der Waals surface area contributed by atoms with Crippen molar-refractivity contribution >= 4 is 0 Å². The van der Waals surface area contributed by atoms with Gasteiger partial charge in [-0.25, -0.2) is 0 Å². The molecule has 1 aromatic rings. The van der Waals surface area contributed by atoms with E-state index in [4.69, 9.17) is 10.3 Å². The lowest BCUT2D eigenvalue weighted by molar-refractivity contribution is 0.337. The Morgan fingerprint density at radius 3 is 2.87 bits per heavy atom. The molecule has 0 aromatic carbocycles. The molecule has 2 rings (SSSR count). The van der Waals surface area contributed by atoms with Crippen LogP contribution in [-0.2, 0) is 6.42 Å². The monoisotopic (exact) mass is 210 g/mol. The van der Waals surface area contributed by atoms with E-state index in [0.29, 0.717) is 11.8 Å². The van der Waals surface area contributed by atoms with Crippen LogP contribution in [0.2, 0.25) is 0 Å². The van der Waals surface area contributed by atoms with Crippen molar-refractivity contribution in [2.75, 3.05) is 20.6 Å². The molecule has 1 atom stereocenters. The minimum Gasteiger partial charge on any atom is -0.338 e. The Bertz CT molecular complexity index is 319. The summed E-state index contributed by atoms with van der Waals surface area (Å²) in [5.74, 6) is 1.92. The van der Waals surface area contributed by atoms with E-state index in [9.17, 15) is 0 Å². The predicted octanol–water partition coefficient (Wildman–Crippen LogP) is 0.583. The van der Waals surface area contributed by atoms with Crippen molar-refractivity contribution in [3.63, 3.8) is 0 Å². The van der Waals surface area contributed by atoms with Crippen LogP contribution in [0.5, 0.6) is 0 Å². The van der Waals surface area contributed by atoms with Gasteiger partial charge in [-0.1, -0.05) is 5.16 Å². The normalized spacial score (nSPS) is 18.4. The standard InChI is InChI=1S/C10H18N4O/c1-14(2)6-5-8-12-10(15-13-8)9(11)7-3-4-7/h7,9H,3-6,11H2,1-2H3. The van der Waals surface area contributed by atoms with Crippen molar-refractivity contribution in [3.8, 4) is 0 Å². The van der Waals surface area contributed by atoms with Gasteiger partial charge < -0.3 is 15.2 Å². The Balaban J connectivity index is 1.91. The quantitative estimate of drug-likeness (QED) is 0.770. The van der Waals surface area contributed by atoms with Crippen LogP contribution in [0.25, 0.3) is 0 Å². The molecule has 1 aromatic heterocycles. The molecule has 1 fully saturated rings. The van der Waals surface area contributed by atoms with Crippen LogP contribution in [0.3, 0.4) is 0 Å². The van der Waals surface area contributed by atoms with E-state index >= 15 is 0 Å². The molecule has 5 heteroatoms. The van der Waals surface area contributed by atoms with Crippen molar-refractivity contribution in [1.29, 1.82) is 0 Å². The summed E-state index contributed by atoms with van der Waals surface area (Å²) in [6.07, 6.45) is 3.20. The molecule has 2 N–H and O–H groups in total. The first-order valence-corrected chi connectivity index (χ1v) is 5.39. The maximum absolute atomic E-state index is 5.96. The first kappa shape index (κ1) is 10.6. The van der Waals surface area contributed by atoms with Crippen LogP contribution in [0, 0.1) is 5.92 Å². The van der Waals surface area contributed by atoms with Crippen LogP contribution in [0.15, 0.2) is 4.52 Å². The van der Waals surface area contributed by atoms with E-state index in [0.717, 1.165) is 18.8 Å². The Morgan fingerprint density at radius 2 is 2.27 bits per heavy atom. The van der Waals surface area contributed by atoms with Gasteiger partial charge in [-0.15, -0.1) is 0 Å². The number of nitrogens with two attached hydrogens (primary N) is 1. The predicted molar refractivity (Wildman–Crippen MR) is 56.2 cm³/mol. The Morgan fingerprint density at radius 1 is 1.53 bits per heavy atom. The number of rotatable bonds is 5. The highest BCUT2D eigenvalue weighted by Crippen LogP contribution is 2.38. The smallest absolute Gasteiger partial charge is 0.243 e. The van der Waals surface area contributed by atoms with E-state index in [2.05, 4.69) is 15.0 Å². The van der Waals surface area contributed by atoms with Gasteiger partial charge in [0.1, 0.15) is 0 Å². The van der Waals surface area contributed by atoms with Gasteiger partial charge in [0.15, 0.2) is 5.82 Å². The van der Waals surface area contributed by atoms with Crippen molar-refractivity contribution in [2.24, 2.45) is 11.7 Å². The molecular weight excluding hydrogens is 192 g/mol. The van der Waals surface area contributed by atoms with Gasteiger partial charge in [0.2, 0.25) is 5.89 Å². The zero-order valence-electron chi connectivity index (χ0n) is 9.31. The van der Waals surface area contributed by atoms with E-state index < -0.39 is 0 Å². The first-order chi connectivity index (χ1) is 7.16. The number of nitrogens with zero attached hydrogens (tertiary/aromatic N) is 3. The third-order valence-electron chi connectivity index (χ3n) is 2.68. The lowest BCUT2D eigenvalue weighted by Crippen LogP contribution is -2.16. The maximum Gasteiger partial charge on any atom is 0.243 e. The molecule has 1 heterocycles. The zero-order valence-corrected chi connectivity index (χ0v) is 9.31. The molecule has 1 aliphatic carbocycles. The molecule has 1 aliphatic rings. The fourth-order valence-electron chi connectivity index (χ4n) is 1.48. The fraction of sp³-hybridized carbons (Fsp3) is 0.800. The number of likely N-dealkylation sites (N-methyl/N-ethyl adjacent to an activating group) is 1. The Kier molecular flexibility index (Phi) is 3.02. The molecule has 5 nitrogen and oxygen atoms in total. The van der Waals surface area contributed by atoms with E-state index in [1.54, 1.807) is 0 Å². The largest absolute Gasteiger partial charge is 0.338 e. The molecular formula is C10H18N4O. The summed E-state index contributed by atoms with van der Waals surface area (Å²) < 4.78 is 5.16. The van der Waals surface area contributed by atoms with Gasteiger partial charge in [-0.2, -0.15) is 4.98 Å². The minimum absolute atomic E-state index is 0.0504. The number of hydrogen-bond donors (Lipinski definition) is 1. The molecule has 84 valence electrons. The third kappa shape index (κ3) is 2.76. The molecule has 15 heavy (non-hydrogen) atoms. The average Bonchev–Trinajstić information content (AvgIpc) is 2.93. The van der Waals surface area contributed by atoms with Crippen LogP contribution in [0.4, 0.5) is 0 Å². The summed E-state index contributed by atoms with van der Waals surface area (Å²) in [4.78, 5) is 6.41. The average molecular weight is 210 g/mol. The molecule has 0 saturated heterocycles. The second-order valence-corrected chi connectivity index (χ2v) is 4.47. The van der Waals surface area contributed by atoms with Gasteiger partial charge >= 0.3 is 0 Å². The zero-order chi connectivity index (χ0) is 10.8. The lowest BCUT2D eigenvalue weighted by atomic mass is 10.2. The summed E-state index contributed by atoms with van der Waals surface area (Å²) in [6.45, 7) is 0.928. The summed E-state index contributed by atoms with van der Waals surface area (Å²) in [5, 5.41) is 3.93. The van der Waals surface area contributed by atoms with E-state index in [1.165, 1.54) is 12.8 Å². The van der Waals surface area contributed by atoms with E-state index in [1.807, 2.05) is 14.1 Å². The maximum atomic E-state index is 5.96. The van der Waals surface area contributed by atoms with Crippen molar-refractivity contribution in [3.05, 3.63) is 11.7 Å². The highest BCUT2D eigenvalue weighted by atomic mass is 16.5. The van der Waals surface area contributed by atoms with Crippen LogP contribution in [-0.4, -0.2) is 35.7 Å². The topological polar surface area (TPSA) is 68.2 Å². The van der Waals surface area contributed by atoms with Crippen LogP contribution < -0.4 is 5.73 Å². The molecule has 0 radical (unpaired) electrons.